The van der Waals surface area contributed by atoms with Gasteiger partial charge < -0.3 is 34.3 Å². The van der Waals surface area contributed by atoms with Gasteiger partial charge in [-0.3, -0.25) is 4.79 Å². The first-order chi connectivity index (χ1) is 14.0. The maximum Gasteiger partial charge on any atom is 0.229 e. The predicted octanol–water partition coefficient (Wildman–Crippen LogP) is 0.639. The van der Waals surface area contributed by atoms with Crippen molar-refractivity contribution in [2.75, 3.05) is 6.61 Å². The van der Waals surface area contributed by atoms with E-state index in [0.29, 0.717) is 10.9 Å². The Morgan fingerprint density at radius 1 is 0.966 bits per heavy atom. The first kappa shape index (κ1) is 19.6. The van der Waals surface area contributed by atoms with Gasteiger partial charge in [-0.25, -0.2) is 0 Å². The normalized spacial score (nSPS) is 27.1. The number of benzene rings is 2. The fourth-order valence-corrected chi connectivity index (χ4v) is 3.30. The minimum Gasteiger partial charge on any atom is -0.463 e. The molecule has 8 nitrogen and oxygen atoms in total. The Hall–Kier alpha value is -2.75. The third-order valence-electron chi connectivity index (χ3n) is 4.93. The first-order valence-electron chi connectivity index (χ1n) is 9.07. The van der Waals surface area contributed by atoms with E-state index in [2.05, 4.69) is 0 Å². The average Bonchev–Trinajstić information content (AvgIpc) is 2.75. The van der Waals surface area contributed by atoms with Crippen molar-refractivity contribution in [2.24, 2.45) is 0 Å². The van der Waals surface area contributed by atoms with Crippen molar-refractivity contribution >= 4 is 11.0 Å². The molecule has 1 fully saturated rings. The van der Waals surface area contributed by atoms with Gasteiger partial charge in [-0.05, 0) is 17.7 Å². The van der Waals surface area contributed by atoms with Gasteiger partial charge in [0.1, 0.15) is 42.0 Å². The van der Waals surface area contributed by atoms with E-state index in [1.807, 2.05) is 30.3 Å². The van der Waals surface area contributed by atoms with E-state index in [0.717, 1.165) is 5.56 Å². The Labute approximate surface area is 165 Å². The van der Waals surface area contributed by atoms with Crippen LogP contribution in [0.15, 0.2) is 64.0 Å². The summed E-state index contributed by atoms with van der Waals surface area (Å²) in [6.45, 7) is -0.556. The fraction of sp³-hybridized carbons (Fsp3) is 0.286. The second kappa shape index (κ2) is 7.94. The van der Waals surface area contributed by atoms with Crippen molar-refractivity contribution in [3.05, 3.63) is 65.0 Å². The molecular formula is C21H20O8. The molecule has 0 spiro atoms. The summed E-state index contributed by atoms with van der Waals surface area (Å²) in [6, 6.07) is 13.7. The molecule has 1 aromatic heterocycles. The van der Waals surface area contributed by atoms with Crippen LogP contribution in [0, 0.1) is 0 Å². The van der Waals surface area contributed by atoms with E-state index < -0.39 is 37.3 Å². The standard InChI is InChI=1S/C21H20O8/c22-9-16-18(24)19(25)20(26)21(29-16)28-12-6-7-13-15(8-12)27-10-14(17(13)23)11-4-2-1-3-5-11/h1-8,10,16,18-22,24-26H,9H2/t16-,18-,19-,20+,21+/m1/s1. The first-order valence-corrected chi connectivity index (χ1v) is 9.07. The molecule has 5 atom stereocenters. The van der Waals surface area contributed by atoms with E-state index in [9.17, 15) is 25.2 Å². The Bertz CT molecular complexity index is 1050. The topological polar surface area (TPSA) is 130 Å². The molecule has 4 N–H and O–H groups in total. The van der Waals surface area contributed by atoms with E-state index in [-0.39, 0.29) is 16.8 Å². The van der Waals surface area contributed by atoms with Crippen LogP contribution >= 0.6 is 0 Å². The number of hydrogen-bond donors (Lipinski definition) is 4. The van der Waals surface area contributed by atoms with Gasteiger partial charge in [0.25, 0.3) is 0 Å². The summed E-state index contributed by atoms with van der Waals surface area (Å²) in [5, 5.41) is 39.4. The largest absolute Gasteiger partial charge is 0.463 e. The highest BCUT2D eigenvalue weighted by molar-refractivity contribution is 5.82. The molecule has 8 heteroatoms. The Kier molecular flexibility index (Phi) is 5.35. The van der Waals surface area contributed by atoms with Crippen LogP contribution in [0.25, 0.3) is 22.1 Å². The maximum absolute atomic E-state index is 12.8. The molecule has 2 heterocycles. The third-order valence-corrected chi connectivity index (χ3v) is 4.93. The highest BCUT2D eigenvalue weighted by Gasteiger charge is 2.44. The molecule has 0 radical (unpaired) electrons. The Morgan fingerprint density at radius 2 is 1.72 bits per heavy atom. The summed E-state index contributed by atoms with van der Waals surface area (Å²) in [7, 11) is 0. The van der Waals surface area contributed by atoms with E-state index in [1.165, 1.54) is 24.5 Å². The molecule has 0 amide bonds. The van der Waals surface area contributed by atoms with Gasteiger partial charge in [0, 0.05) is 6.07 Å². The lowest BCUT2D eigenvalue weighted by Gasteiger charge is -2.39. The highest BCUT2D eigenvalue weighted by Crippen LogP contribution is 2.27. The summed E-state index contributed by atoms with van der Waals surface area (Å²) in [6.07, 6.45) is -5.57. The lowest BCUT2D eigenvalue weighted by Crippen LogP contribution is -2.60. The number of fused-ring (bicyclic) bond motifs is 1. The molecule has 3 aromatic rings. The summed E-state index contributed by atoms with van der Waals surface area (Å²) in [5.74, 6) is 0.220. The Balaban J connectivity index is 1.62. The van der Waals surface area contributed by atoms with E-state index in [1.54, 1.807) is 0 Å². The molecule has 29 heavy (non-hydrogen) atoms. The van der Waals surface area contributed by atoms with Crippen LogP contribution in [0.2, 0.25) is 0 Å². The smallest absolute Gasteiger partial charge is 0.229 e. The molecule has 2 aromatic carbocycles. The van der Waals surface area contributed by atoms with Crippen LogP contribution in [-0.4, -0.2) is 57.7 Å². The Morgan fingerprint density at radius 3 is 2.45 bits per heavy atom. The summed E-state index contributed by atoms with van der Waals surface area (Å²) < 4.78 is 16.5. The van der Waals surface area contributed by atoms with Gasteiger partial charge in [-0.1, -0.05) is 30.3 Å². The molecule has 0 bridgehead atoms. The van der Waals surface area contributed by atoms with Crippen molar-refractivity contribution in [3.8, 4) is 16.9 Å². The summed E-state index contributed by atoms with van der Waals surface area (Å²) in [4.78, 5) is 12.8. The lowest BCUT2D eigenvalue weighted by molar-refractivity contribution is -0.277. The monoisotopic (exact) mass is 400 g/mol. The van der Waals surface area contributed by atoms with Gasteiger partial charge in [0.15, 0.2) is 5.43 Å². The zero-order valence-corrected chi connectivity index (χ0v) is 15.2. The minimum atomic E-state index is -1.54. The minimum absolute atomic E-state index is 0.197. The highest BCUT2D eigenvalue weighted by atomic mass is 16.7. The quantitative estimate of drug-likeness (QED) is 0.502. The van der Waals surface area contributed by atoms with Gasteiger partial charge in [0.2, 0.25) is 6.29 Å². The number of rotatable bonds is 4. The van der Waals surface area contributed by atoms with Crippen molar-refractivity contribution in [1.29, 1.82) is 0 Å². The fourth-order valence-electron chi connectivity index (χ4n) is 3.30. The van der Waals surface area contributed by atoms with Gasteiger partial charge in [-0.2, -0.15) is 0 Å². The number of ether oxygens (including phenoxy) is 2. The molecule has 4 rings (SSSR count). The molecule has 1 saturated heterocycles. The second-order valence-electron chi connectivity index (χ2n) is 6.82. The van der Waals surface area contributed by atoms with Crippen LogP contribution in [0.4, 0.5) is 0 Å². The van der Waals surface area contributed by atoms with Crippen LogP contribution < -0.4 is 10.2 Å². The summed E-state index contributed by atoms with van der Waals surface area (Å²) in [5.41, 5.74) is 1.25. The predicted molar refractivity (Wildman–Crippen MR) is 102 cm³/mol. The molecule has 1 aliphatic rings. The van der Waals surface area contributed by atoms with E-state index >= 15 is 0 Å². The van der Waals surface area contributed by atoms with Crippen LogP contribution in [0.5, 0.6) is 5.75 Å². The van der Waals surface area contributed by atoms with E-state index in [4.69, 9.17) is 13.9 Å². The molecule has 152 valence electrons. The zero-order valence-electron chi connectivity index (χ0n) is 15.2. The van der Waals surface area contributed by atoms with Gasteiger partial charge in [-0.15, -0.1) is 0 Å². The van der Waals surface area contributed by atoms with Crippen molar-refractivity contribution in [2.45, 2.75) is 30.7 Å². The molecule has 0 saturated carbocycles. The molecule has 0 unspecified atom stereocenters. The number of aliphatic hydroxyl groups is 4. The van der Waals surface area contributed by atoms with Crippen molar-refractivity contribution in [1.82, 2.24) is 0 Å². The number of hydrogen-bond acceptors (Lipinski definition) is 8. The van der Waals surface area contributed by atoms with Crippen molar-refractivity contribution < 1.29 is 34.3 Å². The number of aliphatic hydroxyl groups excluding tert-OH is 4. The van der Waals surface area contributed by atoms with Crippen molar-refractivity contribution in [3.63, 3.8) is 0 Å². The molecule has 0 aliphatic carbocycles. The van der Waals surface area contributed by atoms with Crippen LogP contribution in [0.1, 0.15) is 0 Å². The lowest BCUT2D eigenvalue weighted by atomic mass is 9.99. The molecule has 1 aliphatic heterocycles. The van der Waals surface area contributed by atoms with Gasteiger partial charge in [0.05, 0.1) is 17.6 Å². The van der Waals surface area contributed by atoms with Gasteiger partial charge >= 0.3 is 0 Å². The maximum atomic E-state index is 12.8. The average molecular weight is 400 g/mol. The zero-order chi connectivity index (χ0) is 20.5. The third kappa shape index (κ3) is 3.64. The van der Waals surface area contributed by atoms with Crippen LogP contribution in [0.3, 0.4) is 0 Å². The van der Waals surface area contributed by atoms with Crippen LogP contribution in [-0.2, 0) is 4.74 Å². The SMILES string of the molecule is O=c1c(-c2ccccc2)coc2cc(O[C@H]3O[C@H](CO)[C@@H](O)[C@@H](O)[C@@H]3O)ccc12. The second-order valence-corrected chi connectivity index (χ2v) is 6.82. The summed E-state index contributed by atoms with van der Waals surface area (Å²) >= 11 is 0. The molecular weight excluding hydrogens is 380 g/mol.